The molecule has 4 heteroatoms. The fraction of sp³-hybridized carbons (Fsp3) is 0.364. The summed E-state index contributed by atoms with van der Waals surface area (Å²) in [6, 6.07) is 4.26. The molecule has 0 saturated heterocycles. The maximum Gasteiger partial charge on any atom is 0.254 e. The molecule has 0 fully saturated rings. The SMILES string of the molecule is Cc1cccc(C(=O)N[C@H](C)CO)c1F. The Bertz CT molecular complexity index is 366. The Morgan fingerprint density at radius 2 is 2.27 bits per heavy atom. The number of carbonyl (C=O) groups excluding carboxylic acids is 1. The van der Waals surface area contributed by atoms with Crippen molar-refractivity contribution in [1.29, 1.82) is 0 Å². The van der Waals surface area contributed by atoms with E-state index < -0.39 is 11.7 Å². The van der Waals surface area contributed by atoms with Gasteiger partial charge in [0.25, 0.3) is 5.91 Å². The Balaban J connectivity index is 2.87. The van der Waals surface area contributed by atoms with Crippen molar-refractivity contribution in [2.45, 2.75) is 19.9 Å². The van der Waals surface area contributed by atoms with Crippen molar-refractivity contribution in [3.8, 4) is 0 Å². The van der Waals surface area contributed by atoms with E-state index in [-0.39, 0.29) is 18.2 Å². The minimum absolute atomic E-state index is 0.00954. The molecule has 1 atom stereocenters. The summed E-state index contributed by atoms with van der Waals surface area (Å²) in [5.74, 6) is -1.02. The van der Waals surface area contributed by atoms with Crippen molar-refractivity contribution in [2.24, 2.45) is 0 Å². The van der Waals surface area contributed by atoms with E-state index >= 15 is 0 Å². The molecule has 0 unspecified atom stereocenters. The third kappa shape index (κ3) is 2.76. The van der Waals surface area contributed by atoms with Gasteiger partial charge in [-0.25, -0.2) is 4.39 Å². The predicted molar refractivity (Wildman–Crippen MR) is 55.2 cm³/mol. The molecule has 0 radical (unpaired) electrons. The highest BCUT2D eigenvalue weighted by atomic mass is 19.1. The van der Waals surface area contributed by atoms with Gasteiger partial charge in [-0.15, -0.1) is 0 Å². The van der Waals surface area contributed by atoms with Gasteiger partial charge in [-0.05, 0) is 25.5 Å². The van der Waals surface area contributed by atoms with Gasteiger partial charge in [0.1, 0.15) is 5.82 Å². The lowest BCUT2D eigenvalue weighted by Gasteiger charge is -2.11. The molecule has 0 aliphatic heterocycles. The van der Waals surface area contributed by atoms with E-state index in [0.29, 0.717) is 5.56 Å². The minimum atomic E-state index is -0.514. The van der Waals surface area contributed by atoms with Crippen LogP contribution in [-0.2, 0) is 0 Å². The van der Waals surface area contributed by atoms with E-state index in [1.54, 1.807) is 26.0 Å². The van der Waals surface area contributed by atoms with Crippen LogP contribution in [0.3, 0.4) is 0 Å². The summed E-state index contributed by atoms with van der Waals surface area (Å²) in [6.07, 6.45) is 0. The molecule has 15 heavy (non-hydrogen) atoms. The van der Waals surface area contributed by atoms with Crippen LogP contribution in [0.4, 0.5) is 4.39 Å². The smallest absolute Gasteiger partial charge is 0.254 e. The second-order valence-electron chi connectivity index (χ2n) is 3.49. The fourth-order valence-electron chi connectivity index (χ4n) is 1.17. The van der Waals surface area contributed by atoms with Crippen LogP contribution in [0.15, 0.2) is 18.2 Å². The van der Waals surface area contributed by atoms with E-state index in [1.165, 1.54) is 6.07 Å². The molecule has 0 aromatic heterocycles. The van der Waals surface area contributed by atoms with Crippen molar-refractivity contribution >= 4 is 5.91 Å². The molecule has 3 nitrogen and oxygen atoms in total. The van der Waals surface area contributed by atoms with Crippen LogP contribution in [0.2, 0.25) is 0 Å². The number of aliphatic hydroxyl groups excluding tert-OH is 1. The van der Waals surface area contributed by atoms with Crippen LogP contribution < -0.4 is 5.32 Å². The third-order valence-corrected chi connectivity index (χ3v) is 2.09. The predicted octanol–water partition coefficient (Wildman–Crippen LogP) is 1.24. The van der Waals surface area contributed by atoms with Gasteiger partial charge in [0.15, 0.2) is 0 Å². The number of aliphatic hydroxyl groups is 1. The normalized spacial score (nSPS) is 12.3. The lowest BCUT2D eigenvalue weighted by Crippen LogP contribution is -2.35. The molecular formula is C11H14FNO2. The molecule has 1 rings (SSSR count). The molecular weight excluding hydrogens is 197 g/mol. The molecule has 0 spiro atoms. The number of aryl methyl sites for hydroxylation is 1. The topological polar surface area (TPSA) is 49.3 Å². The van der Waals surface area contributed by atoms with Gasteiger partial charge in [-0.1, -0.05) is 12.1 Å². The van der Waals surface area contributed by atoms with Gasteiger partial charge in [0, 0.05) is 6.04 Å². The molecule has 1 aromatic carbocycles. The van der Waals surface area contributed by atoms with Crippen LogP contribution >= 0.6 is 0 Å². The molecule has 0 heterocycles. The van der Waals surface area contributed by atoms with E-state index in [0.717, 1.165) is 0 Å². The summed E-state index contributed by atoms with van der Waals surface area (Å²) in [6.45, 7) is 3.08. The third-order valence-electron chi connectivity index (χ3n) is 2.09. The van der Waals surface area contributed by atoms with Gasteiger partial charge in [0.05, 0.1) is 12.2 Å². The number of hydrogen-bond donors (Lipinski definition) is 2. The average molecular weight is 211 g/mol. The van der Waals surface area contributed by atoms with Crippen LogP contribution in [0.25, 0.3) is 0 Å². The first-order valence-electron chi connectivity index (χ1n) is 4.73. The van der Waals surface area contributed by atoms with Crippen LogP contribution in [-0.4, -0.2) is 23.7 Å². The number of carbonyl (C=O) groups is 1. The van der Waals surface area contributed by atoms with Crippen molar-refractivity contribution < 1.29 is 14.3 Å². The van der Waals surface area contributed by atoms with Crippen LogP contribution in [0.1, 0.15) is 22.8 Å². The highest BCUT2D eigenvalue weighted by Crippen LogP contribution is 2.11. The van der Waals surface area contributed by atoms with E-state index in [9.17, 15) is 9.18 Å². The van der Waals surface area contributed by atoms with E-state index in [1.807, 2.05) is 0 Å². The van der Waals surface area contributed by atoms with Gasteiger partial charge >= 0.3 is 0 Å². The zero-order chi connectivity index (χ0) is 11.4. The Labute approximate surface area is 87.9 Å². The maximum atomic E-state index is 13.5. The Morgan fingerprint density at radius 3 is 2.87 bits per heavy atom. The number of amides is 1. The van der Waals surface area contributed by atoms with E-state index in [2.05, 4.69) is 5.32 Å². The molecule has 1 amide bonds. The second-order valence-corrected chi connectivity index (χ2v) is 3.49. The van der Waals surface area contributed by atoms with Crippen LogP contribution in [0, 0.1) is 12.7 Å². The number of hydrogen-bond acceptors (Lipinski definition) is 2. The molecule has 1 aromatic rings. The first-order chi connectivity index (χ1) is 7.06. The molecule has 0 aliphatic rings. The van der Waals surface area contributed by atoms with Gasteiger partial charge in [0.2, 0.25) is 0 Å². The monoisotopic (exact) mass is 211 g/mol. The summed E-state index contributed by atoms with van der Waals surface area (Å²) < 4.78 is 13.5. The number of nitrogens with one attached hydrogen (secondary N) is 1. The quantitative estimate of drug-likeness (QED) is 0.790. The summed E-state index contributed by atoms with van der Waals surface area (Å²) in [5, 5.41) is 11.2. The lowest BCUT2D eigenvalue weighted by atomic mass is 10.1. The van der Waals surface area contributed by atoms with E-state index in [4.69, 9.17) is 5.11 Å². The molecule has 0 bridgehead atoms. The Morgan fingerprint density at radius 1 is 1.60 bits per heavy atom. The summed E-state index contributed by atoms with van der Waals surface area (Å²) in [7, 11) is 0. The lowest BCUT2D eigenvalue weighted by molar-refractivity contribution is 0.0918. The second kappa shape index (κ2) is 4.89. The summed E-state index contributed by atoms with van der Waals surface area (Å²) in [4.78, 5) is 11.5. The number of rotatable bonds is 3. The van der Waals surface area contributed by atoms with Crippen molar-refractivity contribution in [1.82, 2.24) is 5.32 Å². The number of benzene rings is 1. The fourth-order valence-corrected chi connectivity index (χ4v) is 1.17. The zero-order valence-electron chi connectivity index (χ0n) is 8.75. The minimum Gasteiger partial charge on any atom is -0.394 e. The maximum absolute atomic E-state index is 13.5. The van der Waals surface area contributed by atoms with Crippen molar-refractivity contribution in [2.75, 3.05) is 6.61 Å². The highest BCUT2D eigenvalue weighted by molar-refractivity contribution is 5.94. The number of halogens is 1. The molecule has 82 valence electrons. The Kier molecular flexibility index (Phi) is 3.80. The van der Waals surface area contributed by atoms with Gasteiger partial charge in [-0.3, -0.25) is 4.79 Å². The molecule has 0 aliphatic carbocycles. The van der Waals surface area contributed by atoms with Crippen LogP contribution in [0.5, 0.6) is 0 Å². The Hall–Kier alpha value is -1.42. The van der Waals surface area contributed by atoms with Crippen molar-refractivity contribution in [3.63, 3.8) is 0 Å². The summed E-state index contributed by atoms with van der Waals surface area (Å²) in [5.41, 5.74) is 0.439. The summed E-state index contributed by atoms with van der Waals surface area (Å²) >= 11 is 0. The highest BCUT2D eigenvalue weighted by Gasteiger charge is 2.14. The largest absolute Gasteiger partial charge is 0.394 e. The van der Waals surface area contributed by atoms with Gasteiger partial charge in [-0.2, -0.15) is 0 Å². The average Bonchev–Trinajstić information content (AvgIpc) is 2.21. The standard InChI is InChI=1S/C11H14FNO2/c1-7-4-3-5-9(10(7)12)11(15)13-8(2)6-14/h3-5,8,14H,6H2,1-2H3,(H,13,15)/t8-/m1/s1. The van der Waals surface area contributed by atoms with Crippen molar-refractivity contribution in [3.05, 3.63) is 35.1 Å². The van der Waals surface area contributed by atoms with Gasteiger partial charge < -0.3 is 10.4 Å². The first-order valence-corrected chi connectivity index (χ1v) is 4.73. The zero-order valence-corrected chi connectivity index (χ0v) is 8.75. The first kappa shape index (κ1) is 11.7. The molecule has 2 N–H and O–H groups in total. The molecule has 0 saturated carbocycles.